The normalized spacial score (nSPS) is 22.8. The zero-order chi connectivity index (χ0) is 15.1. The molecule has 0 amide bonds. The molecule has 21 heavy (non-hydrogen) atoms. The molecule has 0 spiro atoms. The van der Waals surface area contributed by atoms with Gasteiger partial charge in [-0.05, 0) is 62.4 Å². The molecular weight excluding hydrogens is 265 g/mol. The Hall–Kier alpha value is -1.09. The molecule has 1 aromatic carbocycles. The fourth-order valence-electron chi connectivity index (χ4n) is 3.50. The highest BCUT2D eigenvalue weighted by molar-refractivity contribution is 5.37. The minimum atomic E-state index is -0.157. The Morgan fingerprint density at radius 1 is 1.24 bits per heavy atom. The van der Waals surface area contributed by atoms with Crippen LogP contribution in [0.4, 0.5) is 4.39 Å². The molecule has 118 valence electrons. The first kappa shape index (κ1) is 16.3. The van der Waals surface area contributed by atoms with Crippen LogP contribution >= 0.6 is 0 Å². The Kier molecular flexibility index (Phi) is 6.50. The lowest BCUT2D eigenvalue weighted by atomic mass is 9.82. The first-order valence-electron chi connectivity index (χ1n) is 8.30. The Morgan fingerprint density at radius 3 is 2.81 bits per heavy atom. The van der Waals surface area contributed by atoms with Crippen molar-refractivity contribution >= 4 is 0 Å². The zero-order valence-corrected chi connectivity index (χ0v) is 13.3. The van der Waals surface area contributed by atoms with Gasteiger partial charge in [0.15, 0.2) is 0 Å². The standard InChI is InChI=1S/C18H28FNO/c1-3-11-20-13-14-7-5-4-6-8-16(14)17-12-15(19)9-10-18(17)21-2/h9-10,12,14,16,20H,3-8,11,13H2,1-2H3. The van der Waals surface area contributed by atoms with E-state index in [9.17, 15) is 4.39 Å². The molecule has 2 rings (SSSR count). The van der Waals surface area contributed by atoms with E-state index in [0.29, 0.717) is 11.8 Å². The molecule has 1 fully saturated rings. The van der Waals surface area contributed by atoms with Gasteiger partial charge in [0.25, 0.3) is 0 Å². The van der Waals surface area contributed by atoms with Gasteiger partial charge in [-0.3, -0.25) is 0 Å². The summed E-state index contributed by atoms with van der Waals surface area (Å²) >= 11 is 0. The smallest absolute Gasteiger partial charge is 0.123 e. The largest absolute Gasteiger partial charge is 0.496 e. The van der Waals surface area contributed by atoms with Gasteiger partial charge < -0.3 is 10.1 Å². The summed E-state index contributed by atoms with van der Waals surface area (Å²) in [6, 6.07) is 4.94. The molecule has 1 aromatic rings. The van der Waals surface area contributed by atoms with Crippen molar-refractivity contribution in [3.63, 3.8) is 0 Å². The predicted octanol–water partition coefficient (Wildman–Crippen LogP) is 4.50. The number of nitrogens with one attached hydrogen (secondary N) is 1. The van der Waals surface area contributed by atoms with E-state index in [4.69, 9.17) is 4.74 Å². The van der Waals surface area contributed by atoms with E-state index in [0.717, 1.165) is 37.2 Å². The Labute approximate surface area is 128 Å². The second-order valence-electron chi connectivity index (χ2n) is 6.09. The van der Waals surface area contributed by atoms with Crippen LogP contribution in [0.5, 0.6) is 5.75 Å². The van der Waals surface area contributed by atoms with E-state index >= 15 is 0 Å². The molecule has 0 aliphatic heterocycles. The molecule has 1 aliphatic carbocycles. The van der Waals surface area contributed by atoms with Gasteiger partial charge >= 0.3 is 0 Å². The van der Waals surface area contributed by atoms with Crippen LogP contribution in [-0.4, -0.2) is 20.2 Å². The summed E-state index contributed by atoms with van der Waals surface area (Å²) in [5.74, 6) is 1.66. The minimum Gasteiger partial charge on any atom is -0.496 e. The van der Waals surface area contributed by atoms with Crippen LogP contribution in [0.1, 0.15) is 56.9 Å². The lowest BCUT2D eigenvalue weighted by Crippen LogP contribution is -2.27. The molecule has 0 bridgehead atoms. The SMILES string of the molecule is CCCNCC1CCCCCC1c1cc(F)ccc1OC. The van der Waals surface area contributed by atoms with Gasteiger partial charge in [-0.2, -0.15) is 0 Å². The maximum atomic E-state index is 13.7. The number of methoxy groups -OCH3 is 1. The fourth-order valence-corrected chi connectivity index (χ4v) is 3.50. The molecule has 2 nitrogen and oxygen atoms in total. The van der Waals surface area contributed by atoms with Crippen LogP contribution in [0, 0.1) is 11.7 Å². The molecule has 0 saturated heterocycles. The van der Waals surface area contributed by atoms with Crippen molar-refractivity contribution in [1.82, 2.24) is 5.32 Å². The first-order chi connectivity index (χ1) is 10.3. The average molecular weight is 293 g/mol. The topological polar surface area (TPSA) is 21.3 Å². The summed E-state index contributed by atoms with van der Waals surface area (Å²) in [6.07, 6.45) is 7.32. The summed E-state index contributed by atoms with van der Waals surface area (Å²) in [6.45, 7) is 4.27. The van der Waals surface area contributed by atoms with Gasteiger partial charge in [0, 0.05) is 5.56 Å². The number of rotatable bonds is 6. The van der Waals surface area contributed by atoms with Crippen molar-refractivity contribution in [2.24, 2.45) is 5.92 Å². The van der Waals surface area contributed by atoms with E-state index in [1.54, 1.807) is 19.2 Å². The van der Waals surface area contributed by atoms with Crippen molar-refractivity contribution in [3.8, 4) is 5.75 Å². The summed E-state index contributed by atoms with van der Waals surface area (Å²) in [4.78, 5) is 0. The van der Waals surface area contributed by atoms with E-state index in [2.05, 4.69) is 12.2 Å². The van der Waals surface area contributed by atoms with Crippen LogP contribution in [0.25, 0.3) is 0 Å². The van der Waals surface area contributed by atoms with Crippen molar-refractivity contribution in [2.45, 2.75) is 51.4 Å². The number of benzene rings is 1. The molecule has 0 radical (unpaired) electrons. The fraction of sp³-hybridized carbons (Fsp3) is 0.667. The number of ether oxygens (including phenoxy) is 1. The molecular formula is C18H28FNO. The highest BCUT2D eigenvalue weighted by atomic mass is 19.1. The van der Waals surface area contributed by atoms with Crippen molar-refractivity contribution in [2.75, 3.05) is 20.2 Å². The highest BCUT2D eigenvalue weighted by Crippen LogP contribution is 2.40. The molecule has 2 unspecified atom stereocenters. The summed E-state index contributed by atoms with van der Waals surface area (Å²) in [5.41, 5.74) is 1.06. The Morgan fingerprint density at radius 2 is 2.05 bits per heavy atom. The minimum absolute atomic E-state index is 0.157. The average Bonchev–Trinajstić information content (AvgIpc) is 2.73. The van der Waals surface area contributed by atoms with Crippen LogP contribution in [0.3, 0.4) is 0 Å². The van der Waals surface area contributed by atoms with Gasteiger partial charge in [0.1, 0.15) is 11.6 Å². The van der Waals surface area contributed by atoms with Gasteiger partial charge in [0.05, 0.1) is 7.11 Å². The summed E-state index contributed by atoms with van der Waals surface area (Å²) < 4.78 is 19.2. The molecule has 3 heteroatoms. The third-order valence-corrected chi connectivity index (χ3v) is 4.58. The predicted molar refractivity (Wildman–Crippen MR) is 85.4 cm³/mol. The summed E-state index contributed by atoms with van der Waals surface area (Å²) in [7, 11) is 1.68. The van der Waals surface area contributed by atoms with Crippen LogP contribution < -0.4 is 10.1 Å². The summed E-state index contributed by atoms with van der Waals surface area (Å²) in [5, 5.41) is 3.55. The lowest BCUT2D eigenvalue weighted by molar-refractivity contribution is 0.353. The zero-order valence-electron chi connectivity index (χ0n) is 13.3. The van der Waals surface area contributed by atoms with Gasteiger partial charge in [-0.15, -0.1) is 0 Å². The number of hydrogen-bond donors (Lipinski definition) is 1. The van der Waals surface area contributed by atoms with E-state index in [1.807, 2.05) is 0 Å². The maximum absolute atomic E-state index is 13.7. The lowest BCUT2D eigenvalue weighted by Gasteiger charge is -2.27. The molecule has 0 aromatic heterocycles. The van der Waals surface area contributed by atoms with Crippen molar-refractivity contribution in [1.29, 1.82) is 0 Å². The van der Waals surface area contributed by atoms with Crippen LogP contribution in [0.2, 0.25) is 0 Å². The maximum Gasteiger partial charge on any atom is 0.123 e. The van der Waals surface area contributed by atoms with Gasteiger partial charge in [0.2, 0.25) is 0 Å². The first-order valence-corrected chi connectivity index (χ1v) is 8.30. The molecule has 1 aliphatic rings. The Bertz CT molecular complexity index is 435. The third-order valence-electron chi connectivity index (χ3n) is 4.58. The molecule has 0 heterocycles. The molecule has 1 N–H and O–H groups in total. The number of hydrogen-bond acceptors (Lipinski definition) is 2. The monoisotopic (exact) mass is 293 g/mol. The third kappa shape index (κ3) is 4.44. The van der Waals surface area contributed by atoms with Crippen molar-refractivity contribution < 1.29 is 9.13 Å². The second kappa shape index (κ2) is 8.38. The second-order valence-corrected chi connectivity index (χ2v) is 6.09. The van der Waals surface area contributed by atoms with Crippen LogP contribution in [-0.2, 0) is 0 Å². The highest BCUT2D eigenvalue weighted by Gasteiger charge is 2.27. The molecule has 1 saturated carbocycles. The van der Waals surface area contributed by atoms with E-state index in [1.165, 1.54) is 31.7 Å². The number of halogens is 1. The van der Waals surface area contributed by atoms with E-state index < -0.39 is 0 Å². The Balaban J connectivity index is 2.20. The van der Waals surface area contributed by atoms with Crippen LogP contribution in [0.15, 0.2) is 18.2 Å². The molecule has 2 atom stereocenters. The quantitative estimate of drug-likeness (QED) is 0.616. The van der Waals surface area contributed by atoms with Crippen molar-refractivity contribution in [3.05, 3.63) is 29.6 Å². The van der Waals surface area contributed by atoms with Gasteiger partial charge in [-0.1, -0.05) is 26.2 Å². The van der Waals surface area contributed by atoms with E-state index in [-0.39, 0.29) is 5.82 Å². The van der Waals surface area contributed by atoms with Gasteiger partial charge in [-0.25, -0.2) is 4.39 Å².